The topological polar surface area (TPSA) is 24.9 Å². The van der Waals surface area contributed by atoms with E-state index >= 15 is 0 Å². The summed E-state index contributed by atoms with van der Waals surface area (Å²) in [7, 11) is 0. The van der Waals surface area contributed by atoms with Gasteiger partial charge in [0.15, 0.2) is 0 Å². The molecule has 56 heavy (non-hydrogen) atoms. The van der Waals surface area contributed by atoms with Crippen molar-refractivity contribution in [3.05, 3.63) is 107 Å². The van der Waals surface area contributed by atoms with E-state index in [0.717, 1.165) is 13.2 Å². The molecular formula is C50H58N4O2+2. The van der Waals surface area contributed by atoms with Crippen LogP contribution in [0.4, 0.5) is 11.4 Å². The molecule has 4 bridgehead atoms. The molecule has 2 aromatic carbocycles. The molecule has 4 unspecified atom stereocenters. The number of benzene rings is 2. The monoisotopic (exact) mass is 746 g/mol. The predicted molar refractivity (Wildman–Crippen MR) is 218 cm³/mol. The quantitative estimate of drug-likeness (QED) is 0.235. The molecule has 9 aliphatic heterocycles. The number of para-hydroxylation sites is 2. The van der Waals surface area contributed by atoms with Gasteiger partial charge in [0.05, 0.1) is 49.2 Å². The van der Waals surface area contributed by atoms with Crippen LogP contribution < -0.4 is 9.80 Å². The highest BCUT2D eigenvalue weighted by Gasteiger charge is 2.81. The van der Waals surface area contributed by atoms with Gasteiger partial charge in [-0.1, -0.05) is 60.7 Å². The van der Waals surface area contributed by atoms with Gasteiger partial charge in [0.25, 0.3) is 0 Å². The second-order valence-corrected chi connectivity index (χ2v) is 21.0. The van der Waals surface area contributed by atoms with E-state index in [1.165, 1.54) is 111 Å². The Kier molecular flexibility index (Phi) is 5.97. The van der Waals surface area contributed by atoms with Crippen molar-refractivity contribution in [2.45, 2.75) is 124 Å². The lowest BCUT2D eigenvalue weighted by atomic mass is 9.52. The van der Waals surface area contributed by atoms with Crippen molar-refractivity contribution in [1.82, 2.24) is 0 Å². The van der Waals surface area contributed by atoms with E-state index in [-0.39, 0.29) is 23.3 Å². The maximum absolute atomic E-state index is 7.68. The molecular weight excluding hydrogens is 689 g/mol. The molecule has 15 rings (SSSR count). The minimum Gasteiger partial charge on any atom is -0.354 e. The smallest absolute Gasteiger partial charge is 0.136 e. The van der Waals surface area contributed by atoms with E-state index < -0.39 is 0 Å². The number of piperidine rings is 2. The van der Waals surface area contributed by atoms with Crippen molar-refractivity contribution in [1.29, 1.82) is 0 Å². The Morgan fingerprint density at radius 2 is 1.09 bits per heavy atom. The number of quaternary nitrogens is 2. The number of ether oxygens (including phenoxy) is 2. The summed E-state index contributed by atoms with van der Waals surface area (Å²) >= 11 is 0. The van der Waals surface area contributed by atoms with Crippen LogP contribution in [0.3, 0.4) is 0 Å². The van der Waals surface area contributed by atoms with Gasteiger partial charge in [0.1, 0.15) is 49.7 Å². The molecule has 5 saturated heterocycles. The van der Waals surface area contributed by atoms with Crippen LogP contribution in [-0.2, 0) is 20.3 Å². The molecule has 0 aromatic heterocycles. The van der Waals surface area contributed by atoms with E-state index in [9.17, 15) is 0 Å². The fourth-order valence-corrected chi connectivity index (χ4v) is 18.7. The zero-order valence-corrected chi connectivity index (χ0v) is 32.9. The molecule has 7 fully saturated rings. The van der Waals surface area contributed by atoms with Crippen molar-refractivity contribution >= 4 is 11.4 Å². The van der Waals surface area contributed by atoms with Gasteiger partial charge in [0, 0.05) is 73.6 Å². The standard InChI is InChI=1S/C50H58N4O2/c1-3-11-33(12-4-1)53-23-21-49-37-15-7-9-17-39(37)51-45(49)43-35(27-41(49)53)31(29-53)19-25-55-47(43)52-40-18-10-8-16-38(40)50-22-24-54(34-13-5-2-6-14-34)30-32-20-26-56-48(51)44(46(50)52)36(32)28-42(50)54/h3,5,7-11,13,15-20,33-36,41-48H,1-2,4,6,12,14,21-30H2/q+2/t33?,34?,35-,36-,41-,42-,43+,44+,45-,46-,47+,48+,49+,50+,53?,54?/m0/s1. The normalized spacial score (nSPS) is 51.3. The molecule has 0 amide bonds. The average molecular weight is 747 g/mol. The first-order valence-electron chi connectivity index (χ1n) is 23.1. The summed E-state index contributed by atoms with van der Waals surface area (Å²) in [5.74, 6) is 1.88. The molecule has 9 heterocycles. The summed E-state index contributed by atoms with van der Waals surface area (Å²) in [6, 6.07) is 23.1. The number of hydrogen-bond donors (Lipinski definition) is 0. The van der Waals surface area contributed by atoms with Crippen molar-refractivity contribution < 1.29 is 18.4 Å². The van der Waals surface area contributed by atoms with Crippen LogP contribution in [0.2, 0.25) is 0 Å². The van der Waals surface area contributed by atoms with Crippen LogP contribution >= 0.6 is 0 Å². The highest BCUT2D eigenvalue weighted by atomic mass is 16.5. The zero-order chi connectivity index (χ0) is 36.2. The maximum atomic E-state index is 7.68. The summed E-state index contributed by atoms with van der Waals surface area (Å²) in [5, 5.41) is 0. The number of fused-ring (bicyclic) bond motifs is 6. The van der Waals surface area contributed by atoms with Crippen LogP contribution in [0.5, 0.6) is 0 Å². The fourth-order valence-electron chi connectivity index (χ4n) is 18.7. The number of rotatable bonds is 2. The first-order chi connectivity index (χ1) is 27.7. The van der Waals surface area contributed by atoms with Crippen LogP contribution in [0.1, 0.15) is 75.3 Å². The van der Waals surface area contributed by atoms with Gasteiger partial charge < -0.3 is 28.2 Å². The third-order valence-corrected chi connectivity index (χ3v) is 20.1. The second kappa shape index (κ2) is 10.5. The van der Waals surface area contributed by atoms with Crippen LogP contribution in [0.15, 0.2) is 96.1 Å². The number of allylic oxidation sites excluding steroid dienone is 2. The lowest BCUT2D eigenvalue weighted by molar-refractivity contribution is -0.960. The van der Waals surface area contributed by atoms with Crippen LogP contribution in [0.25, 0.3) is 0 Å². The first kappa shape index (κ1) is 31.8. The molecule has 0 N–H and O–H groups in total. The van der Waals surface area contributed by atoms with Crippen molar-refractivity contribution in [3.63, 3.8) is 0 Å². The number of hydrogen-bond acceptors (Lipinski definition) is 4. The molecule has 6 heteroatoms. The highest BCUT2D eigenvalue weighted by molar-refractivity contribution is 5.72. The lowest BCUT2D eigenvalue weighted by Gasteiger charge is -2.66. The van der Waals surface area contributed by atoms with Gasteiger partial charge in [-0.05, 0) is 72.2 Å². The number of nitrogens with zero attached hydrogens (tertiary/aromatic N) is 4. The predicted octanol–water partition coefficient (Wildman–Crippen LogP) is 7.51. The Balaban J connectivity index is 1.00. The second-order valence-electron chi connectivity index (χ2n) is 21.0. The van der Waals surface area contributed by atoms with Crippen LogP contribution in [-0.4, -0.2) is 97.1 Å². The van der Waals surface area contributed by atoms with Gasteiger partial charge in [-0.3, -0.25) is 0 Å². The van der Waals surface area contributed by atoms with Gasteiger partial charge in [0.2, 0.25) is 0 Å². The molecule has 288 valence electrons. The molecule has 2 saturated carbocycles. The summed E-state index contributed by atoms with van der Waals surface area (Å²) in [6.45, 7) is 6.56. The maximum Gasteiger partial charge on any atom is 0.136 e. The third kappa shape index (κ3) is 3.33. The van der Waals surface area contributed by atoms with E-state index in [0.29, 0.717) is 59.9 Å². The number of anilines is 2. The van der Waals surface area contributed by atoms with Gasteiger partial charge in [-0.2, -0.15) is 0 Å². The lowest BCUT2D eigenvalue weighted by Crippen LogP contribution is -2.79. The minimum absolute atomic E-state index is 0.0571. The Bertz CT molecular complexity index is 2060. The molecule has 13 aliphatic rings. The molecule has 2 aromatic rings. The zero-order valence-electron chi connectivity index (χ0n) is 32.9. The molecule has 4 aliphatic carbocycles. The van der Waals surface area contributed by atoms with Crippen LogP contribution in [0, 0.1) is 23.7 Å². The average Bonchev–Trinajstić information content (AvgIpc) is 3.89. The molecule has 16 atom stereocenters. The Hall–Kier alpha value is -3.16. The highest BCUT2D eigenvalue weighted by Crippen LogP contribution is 2.73. The van der Waals surface area contributed by atoms with Gasteiger partial charge in [-0.25, -0.2) is 0 Å². The largest absolute Gasteiger partial charge is 0.354 e. The Morgan fingerprint density at radius 3 is 1.55 bits per heavy atom. The van der Waals surface area contributed by atoms with Crippen molar-refractivity contribution in [2.75, 3.05) is 49.2 Å². The first-order valence-corrected chi connectivity index (χ1v) is 23.1. The van der Waals surface area contributed by atoms with E-state index in [4.69, 9.17) is 9.47 Å². The summed E-state index contributed by atoms with van der Waals surface area (Å²) in [4.78, 5) is 6.09. The SMILES string of the molecule is C1=CC([N+]23CC[C@@]45c6ccccc6N6[C@@H]7OCC=C8C[N+]9(C%10C=CCCC%10)CC[C@]%10%11c%12ccccc%12N([C@@H]%12OCC=C(C2)[C@H](C[C@@H]43)[C@@H]%12[C@H]65)[C@H]%10[C@H]7[C@H]8C[C@@H]%119)CCC1. The molecule has 2 spiro atoms. The Labute approximate surface area is 332 Å². The molecule has 6 nitrogen and oxygen atoms in total. The van der Waals surface area contributed by atoms with Gasteiger partial charge >= 0.3 is 0 Å². The van der Waals surface area contributed by atoms with Crippen molar-refractivity contribution in [2.24, 2.45) is 23.7 Å². The van der Waals surface area contributed by atoms with E-state index in [1.54, 1.807) is 22.3 Å². The summed E-state index contributed by atoms with van der Waals surface area (Å²) < 4.78 is 17.9. The summed E-state index contributed by atoms with van der Waals surface area (Å²) in [6.07, 6.45) is 28.9. The minimum atomic E-state index is 0.0571. The third-order valence-electron chi connectivity index (χ3n) is 20.1. The Morgan fingerprint density at radius 1 is 0.607 bits per heavy atom. The summed E-state index contributed by atoms with van der Waals surface area (Å²) in [5.41, 5.74) is 10.1. The van der Waals surface area contributed by atoms with Gasteiger partial charge in [-0.15, -0.1) is 0 Å². The van der Waals surface area contributed by atoms with E-state index in [2.05, 4.69) is 94.8 Å². The molecule has 0 radical (unpaired) electrons. The van der Waals surface area contributed by atoms with E-state index in [1.807, 2.05) is 0 Å². The fraction of sp³-hybridized carbons (Fsp3) is 0.600. The van der Waals surface area contributed by atoms with Crippen molar-refractivity contribution in [3.8, 4) is 0 Å².